The Balaban J connectivity index is 3.19. The molecule has 0 spiro atoms. The largest absolute Gasteiger partial charge is 0.397 e. The molecule has 0 amide bonds. The van der Waals surface area contributed by atoms with Crippen LogP contribution in [0.3, 0.4) is 0 Å². The second-order valence-corrected chi connectivity index (χ2v) is 5.71. The second kappa shape index (κ2) is 4.77. The summed E-state index contributed by atoms with van der Waals surface area (Å²) in [4.78, 5) is 2.03. The van der Waals surface area contributed by atoms with E-state index in [0.717, 1.165) is 12.1 Å². The van der Waals surface area contributed by atoms with Gasteiger partial charge in [0.05, 0.1) is 14.9 Å². The molecule has 0 aliphatic heterocycles. The van der Waals surface area contributed by atoms with Crippen molar-refractivity contribution in [1.82, 2.24) is 0 Å². The van der Waals surface area contributed by atoms with Gasteiger partial charge in [-0.05, 0) is 48.9 Å². The summed E-state index contributed by atoms with van der Waals surface area (Å²) in [7, 11) is 1.95. The molecule has 0 atom stereocenters. The molecule has 0 aliphatic carbocycles. The molecule has 0 aliphatic rings. The Morgan fingerprint density at radius 1 is 1.44 bits per heavy atom. The molecule has 2 nitrogen and oxygen atoms in total. The summed E-state index contributed by atoms with van der Waals surface area (Å²) < 4.78 is 14.1. The van der Waals surface area contributed by atoms with Crippen LogP contribution < -0.4 is 10.6 Å². The van der Waals surface area contributed by atoms with Gasteiger partial charge in [0.1, 0.15) is 5.82 Å². The molecule has 1 aromatic rings. The Bertz CT molecular complexity index is 391. The zero-order chi connectivity index (χ0) is 12.5. The number of nitrogen functional groups attached to an aromatic ring is 1. The molecule has 90 valence electrons. The Kier molecular flexibility index (Phi) is 4.04. The lowest BCUT2D eigenvalue weighted by molar-refractivity contribution is 0.470. The summed E-state index contributed by atoms with van der Waals surface area (Å²) >= 11 is 1.95. The molecule has 0 unspecified atom stereocenters. The summed E-state index contributed by atoms with van der Waals surface area (Å²) in [5.41, 5.74) is 7.27. The number of halogens is 2. The molecule has 0 heterocycles. The molecule has 2 N–H and O–H groups in total. The highest BCUT2D eigenvalue weighted by molar-refractivity contribution is 14.1. The highest BCUT2D eigenvalue weighted by Crippen LogP contribution is 2.32. The highest BCUT2D eigenvalue weighted by Gasteiger charge is 2.23. The SMILES string of the molecule is CCC(C)(C)N(C)c1cc(F)c(I)cc1N. The van der Waals surface area contributed by atoms with Gasteiger partial charge in [-0.25, -0.2) is 4.39 Å². The lowest BCUT2D eigenvalue weighted by atomic mass is 9.99. The summed E-state index contributed by atoms with van der Waals surface area (Å²) in [5, 5.41) is 0. The fourth-order valence-corrected chi connectivity index (χ4v) is 1.90. The normalized spacial score (nSPS) is 11.6. The van der Waals surface area contributed by atoms with Crippen molar-refractivity contribution in [2.45, 2.75) is 32.7 Å². The fourth-order valence-electron chi connectivity index (χ4n) is 1.41. The van der Waals surface area contributed by atoms with E-state index in [1.54, 1.807) is 6.07 Å². The topological polar surface area (TPSA) is 29.3 Å². The van der Waals surface area contributed by atoms with Crippen molar-refractivity contribution in [3.8, 4) is 0 Å². The van der Waals surface area contributed by atoms with E-state index in [1.807, 2.05) is 34.5 Å². The van der Waals surface area contributed by atoms with Crippen molar-refractivity contribution in [2.75, 3.05) is 17.7 Å². The lowest BCUT2D eigenvalue weighted by Crippen LogP contribution is -2.41. The average molecular weight is 336 g/mol. The third-order valence-corrected chi connectivity index (χ3v) is 4.03. The van der Waals surface area contributed by atoms with Gasteiger partial charge in [-0.1, -0.05) is 6.92 Å². The van der Waals surface area contributed by atoms with Crippen molar-refractivity contribution < 1.29 is 4.39 Å². The van der Waals surface area contributed by atoms with E-state index in [2.05, 4.69) is 20.8 Å². The second-order valence-electron chi connectivity index (χ2n) is 4.55. The minimum absolute atomic E-state index is 0.0344. The van der Waals surface area contributed by atoms with Gasteiger partial charge in [0.2, 0.25) is 0 Å². The number of nitrogens with two attached hydrogens (primary N) is 1. The van der Waals surface area contributed by atoms with Crippen LogP contribution in [0.5, 0.6) is 0 Å². The number of hydrogen-bond donors (Lipinski definition) is 1. The molecule has 0 saturated heterocycles. The van der Waals surface area contributed by atoms with E-state index in [1.165, 1.54) is 6.07 Å². The molecule has 16 heavy (non-hydrogen) atoms. The standard InChI is InChI=1S/C12H18FIN2/c1-5-12(2,3)16(4)11-6-8(13)9(14)7-10(11)15/h6-7H,5,15H2,1-4H3. The first-order valence-corrected chi connectivity index (χ1v) is 6.36. The average Bonchev–Trinajstić information content (AvgIpc) is 2.22. The van der Waals surface area contributed by atoms with Gasteiger partial charge in [0.25, 0.3) is 0 Å². The predicted octanol–water partition coefficient (Wildman–Crippen LogP) is 3.64. The van der Waals surface area contributed by atoms with Crippen LogP contribution in [0.2, 0.25) is 0 Å². The maximum Gasteiger partial charge on any atom is 0.138 e. The van der Waals surface area contributed by atoms with Crippen molar-refractivity contribution >= 4 is 34.0 Å². The smallest absolute Gasteiger partial charge is 0.138 e. The number of rotatable bonds is 3. The van der Waals surface area contributed by atoms with Crippen molar-refractivity contribution in [1.29, 1.82) is 0 Å². The molecule has 0 bridgehead atoms. The van der Waals surface area contributed by atoms with Crippen LogP contribution in [0.4, 0.5) is 15.8 Å². The molecule has 4 heteroatoms. The van der Waals surface area contributed by atoms with E-state index < -0.39 is 0 Å². The van der Waals surface area contributed by atoms with Gasteiger partial charge >= 0.3 is 0 Å². The molecule has 0 aromatic heterocycles. The summed E-state index contributed by atoms with van der Waals surface area (Å²) in [6.45, 7) is 6.33. The Hall–Kier alpha value is -0.520. The van der Waals surface area contributed by atoms with E-state index in [0.29, 0.717) is 9.26 Å². The number of anilines is 2. The summed E-state index contributed by atoms with van der Waals surface area (Å²) in [6, 6.07) is 3.18. The van der Waals surface area contributed by atoms with Crippen molar-refractivity contribution in [2.24, 2.45) is 0 Å². The quantitative estimate of drug-likeness (QED) is 0.675. The fraction of sp³-hybridized carbons (Fsp3) is 0.500. The van der Waals surface area contributed by atoms with Gasteiger partial charge in [0.15, 0.2) is 0 Å². The molecule has 0 saturated carbocycles. The molecule has 1 aromatic carbocycles. The highest BCUT2D eigenvalue weighted by atomic mass is 127. The van der Waals surface area contributed by atoms with Crippen LogP contribution in [0.1, 0.15) is 27.2 Å². The Morgan fingerprint density at radius 2 is 2.00 bits per heavy atom. The third kappa shape index (κ3) is 2.59. The van der Waals surface area contributed by atoms with E-state index in [9.17, 15) is 4.39 Å². The maximum absolute atomic E-state index is 13.5. The molecule has 0 radical (unpaired) electrons. The number of hydrogen-bond acceptors (Lipinski definition) is 2. The van der Waals surface area contributed by atoms with Crippen LogP contribution >= 0.6 is 22.6 Å². The number of benzene rings is 1. The van der Waals surface area contributed by atoms with Gasteiger partial charge in [-0.2, -0.15) is 0 Å². The monoisotopic (exact) mass is 336 g/mol. The van der Waals surface area contributed by atoms with Gasteiger partial charge < -0.3 is 10.6 Å². The Labute approximate surface area is 110 Å². The first-order valence-electron chi connectivity index (χ1n) is 5.28. The summed E-state index contributed by atoms with van der Waals surface area (Å²) in [5.74, 6) is -0.219. The third-order valence-electron chi connectivity index (χ3n) is 3.20. The van der Waals surface area contributed by atoms with Crippen LogP contribution in [-0.4, -0.2) is 12.6 Å². The minimum atomic E-state index is -0.219. The van der Waals surface area contributed by atoms with Crippen LogP contribution in [0.25, 0.3) is 0 Å². The Morgan fingerprint density at radius 3 is 2.50 bits per heavy atom. The van der Waals surface area contributed by atoms with Crippen LogP contribution in [0, 0.1) is 9.39 Å². The lowest BCUT2D eigenvalue weighted by Gasteiger charge is -2.37. The van der Waals surface area contributed by atoms with E-state index >= 15 is 0 Å². The molecular formula is C12H18FIN2. The van der Waals surface area contributed by atoms with Crippen LogP contribution in [-0.2, 0) is 0 Å². The minimum Gasteiger partial charge on any atom is -0.397 e. The zero-order valence-electron chi connectivity index (χ0n) is 10.1. The maximum atomic E-state index is 13.5. The number of nitrogens with zero attached hydrogens (tertiary/aromatic N) is 1. The molecule has 0 fully saturated rings. The van der Waals surface area contributed by atoms with Crippen molar-refractivity contribution in [3.05, 3.63) is 21.5 Å². The molecular weight excluding hydrogens is 318 g/mol. The first kappa shape index (κ1) is 13.5. The van der Waals surface area contributed by atoms with Gasteiger partial charge in [-0.15, -0.1) is 0 Å². The zero-order valence-corrected chi connectivity index (χ0v) is 12.3. The van der Waals surface area contributed by atoms with E-state index in [-0.39, 0.29) is 11.4 Å². The van der Waals surface area contributed by atoms with Crippen molar-refractivity contribution in [3.63, 3.8) is 0 Å². The van der Waals surface area contributed by atoms with Gasteiger partial charge in [0, 0.05) is 18.7 Å². The molecule has 1 rings (SSSR count). The predicted molar refractivity (Wildman–Crippen MR) is 76.3 cm³/mol. The first-order chi connectivity index (χ1) is 7.29. The van der Waals surface area contributed by atoms with Crippen LogP contribution in [0.15, 0.2) is 12.1 Å². The summed E-state index contributed by atoms with van der Waals surface area (Å²) in [6.07, 6.45) is 0.969. The van der Waals surface area contributed by atoms with Gasteiger partial charge in [-0.3, -0.25) is 0 Å². The van der Waals surface area contributed by atoms with E-state index in [4.69, 9.17) is 5.73 Å².